The van der Waals surface area contributed by atoms with E-state index in [1.165, 1.54) is 11.1 Å². The first-order valence-corrected chi connectivity index (χ1v) is 10.4. The van der Waals surface area contributed by atoms with Crippen LogP contribution in [0.2, 0.25) is 0 Å². The van der Waals surface area contributed by atoms with Gasteiger partial charge in [-0.2, -0.15) is 0 Å². The van der Waals surface area contributed by atoms with Crippen LogP contribution in [-0.2, 0) is 0 Å². The van der Waals surface area contributed by atoms with Crippen LogP contribution in [0, 0.1) is 19.8 Å². The molecule has 0 bridgehead atoms. The summed E-state index contributed by atoms with van der Waals surface area (Å²) in [5, 5.41) is 0. The number of anilines is 1. The van der Waals surface area contributed by atoms with Crippen molar-refractivity contribution in [1.29, 1.82) is 0 Å². The smallest absolute Gasteiger partial charge is 0.0712 e. The van der Waals surface area contributed by atoms with E-state index in [2.05, 4.69) is 67.4 Å². The van der Waals surface area contributed by atoms with Gasteiger partial charge in [-0.05, 0) is 58.0 Å². The van der Waals surface area contributed by atoms with Gasteiger partial charge in [0, 0.05) is 47.9 Å². The van der Waals surface area contributed by atoms with Crippen molar-refractivity contribution >= 4 is 29.5 Å². The minimum absolute atomic E-state index is 0.510. The first-order chi connectivity index (χ1) is 14.4. The molecular weight excluding hydrogens is 368 g/mol. The zero-order valence-corrected chi connectivity index (χ0v) is 18.4. The summed E-state index contributed by atoms with van der Waals surface area (Å²) in [7, 11) is 0. The molecule has 4 heteroatoms. The van der Waals surface area contributed by atoms with Gasteiger partial charge >= 0.3 is 0 Å². The van der Waals surface area contributed by atoms with Crippen LogP contribution in [0.3, 0.4) is 0 Å². The number of nitrogens with zero attached hydrogens (tertiary/aromatic N) is 3. The zero-order chi connectivity index (χ0) is 21.7. The first kappa shape index (κ1) is 21.6. The molecule has 1 aliphatic heterocycles. The lowest BCUT2D eigenvalue weighted by atomic mass is 10.1. The van der Waals surface area contributed by atoms with E-state index in [1.54, 1.807) is 0 Å². The monoisotopic (exact) mass is 400 g/mol. The third-order valence-corrected chi connectivity index (χ3v) is 5.65. The van der Waals surface area contributed by atoms with Crippen molar-refractivity contribution in [2.24, 2.45) is 15.9 Å². The average molecular weight is 401 g/mol. The van der Waals surface area contributed by atoms with Crippen LogP contribution in [0.1, 0.15) is 35.6 Å². The molecule has 0 saturated carbocycles. The van der Waals surface area contributed by atoms with Crippen LogP contribution < -0.4 is 5.73 Å². The van der Waals surface area contributed by atoms with E-state index in [4.69, 9.17) is 10.7 Å². The second-order valence-electron chi connectivity index (χ2n) is 8.17. The highest BCUT2D eigenvalue weighted by Crippen LogP contribution is 2.29. The van der Waals surface area contributed by atoms with E-state index >= 15 is 0 Å². The summed E-state index contributed by atoms with van der Waals surface area (Å²) < 4.78 is 0. The summed E-state index contributed by atoms with van der Waals surface area (Å²) in [5.41, 5.74) is 14.3. The quantitative estimate of drug-likeness (QED) is 0.501. The largest absolute Gasteiger partial charge is 0.398 e. The maximum atomic E-state index is 6.18. The Labute approximate surface area is 180 Å². The second kappa shape index (κ2) is 9.57. The van der Waals surface area contributed by atoms with Gasteiger partial charge in [0.05, 0.1) is 5.70 Å². The average Bonchev–Trinajstić information content (AvgIpc) is 3.21. The van der Waals surface area contributed by atoms with Gasteiger partial charge in [0.15, 0.2) is 0 Å². The van der Waals surface area contributed by atoms with Gasteiger partial charge in [-0.25, -0.2) is 0 Å². The number of nitrogen functional groups attached to an aromatic ring is 1. The predicted octanol–water partition coefficient (Wildman–Crippen LogP) is 5.38. The second-order valence-corrected chi connectivity index (χ2v) is 8.17. The Kier molecular flexibility index (Phi) is 6.88. The first-order valence-electron chi connectivity index (χ1n) is 10.4. The molecule has 4 nitrogen and oxygen atoms in total. The highest BCUT2D eigenvalue weighted by molar-refractivity contribution is 5.99. The molecule has 0 amide bonds. The fraction of sp³-hybridized carbons (Fsp3) is 0.308. The maximum Gasteiger partial charge on any atom is 0.0712 e. The number of aliphatic imine (C=N–C) groups is 2. The van der Waals surface area contributed by atoms with Crippen LogP contribution in [0.4, 0.5) is 5.69 Å². The molecule has 0 radical (unpaired) electrons. The molecule has 1 atom stereocenters. The van der Waals surface area contributed by atoms with E-state index in [1.807, 2.05) is 25.1 Å². The number of rotatable bonds is 7. The minimum atomic E-state index is 0.510. The van der Waals surface area contributed by atoms with Gasteiger partial charge < -0.3 is 10.6 Å². The molecule has 1 heterocycles. The fourth-order valence-corrected chi connectivity index (χ4v) is 3.78. The Morgan fingerprint density at radius 3 is 2.57 bits per heavy atom. The molecule has 2 aromatic carbocycles. The standard InChI is InChI=1S/C26H32N4/c1-18-6-9-23(10-7-18)26(28-5)15-20(3)29-16-22-12-13-30(17-22)21(4)24-14-19(2)8-11-25(24)27/h6-11,14-15,22H,4-5,12-13,16-17,27H2,1-3H3/b26-15-,29-20?. The lowest BCUT2D eigenvalue weighted by Crippen LogP contribution is -2.20. The van der Waals surface area contributed by atoms with Crippen molar-refractivity contribution in [3.63, 3.8) is 0 Å². The van der Waals surface area contributed by atoms with Crippen molar-refractivity contribution < 1.29 is 0 Å². The van der Waals surface area contributed by atoms with Crippen molar-refractivity contribution in [2.45, 2.75) is 27.2 Å². The van der Waals surface area contributed by atoms with Crippen molar-refractivity contribution in [3.05, 3.63) is 77.4 Å². The molecule has 3 rings (SSSR count). The van der Waals surface area contributed by atoms with Crippen molar-refractivity contribution in [2.75, 3.05) is 25.4 Å². The Morgan fingerprint density at radius 2 is 1.87 bits per heavy atom. The van der Waals surface area contributed by atoms with E-state index in [0.29, 0.717) is 5.92 Å². The summed E-state index contributed by atoms with van der Waals surface area (Å²) in [6, 6.07) is 14.4. The highest BCUT2D eigenvalue weighted by atomic mass is 15.2. The zero-order valence-electron chi connectivity index (χ0n) is 18.4. The number of allylic oxidation sites excluding steroid dienone is 1. The number of aryl methyl sites for hydroxylation is 2. The molecular formula is C26H32N4. The van der Waals surface area contributed by atoms with Gasteiger partial charge in [0.2, 0.25) is 0 Å². The molecule has 1 fully saturated rings. The number of hydrogen-bond donors (Lipinski definition) is 1. The van der Waals surface area contributed by atoms with E-state index in [-0.39, 0.29) is 0 Å². The number of nitrogens with two attached hydrogens (primary N) is 1. The van der Waals surface area contributed by atoms with Crippen molar-refractivity contribution in [1.82, 2.24) is 4.90 Å². The number of likely N-dealkylation sites (tertiary alicyclic amines) is 1. The SMILES string of the molecule is C=N/C(=C\C(C)=NCC1CCN(C(=C)c2cc(C)ccc2N)C1)c1ccc(C)cc1. The minimum Gasteiger partial charge on any atom is -0.398 e. The van der Waals surface area contributed by atoms with E-state index in [9.17, 15) is 0 Å². The van der Waals surface area contributed by atoms with Crippen LogP contribution >= 0.6 is 0 Å². The lowest BCUT2D eigenvalue weighted by molar-refractivity contribution is 0.463. The van der Waals surface area contributed by atoms with Gasteiger partial charge in [0.1, 0.15) is 0 Å². The van der Waals surface area contributed by atoms with E-state index in [0.717, 1.165) is 60.0 Å². The summed E-state index contributed by atoms with van der Waals surface area (Å²) in [6.07, 6.45) is 3.12. The highest BCUT2D eigenvalue weighted by Gasteiger charge is 2.24. The van der Waals surface area contributed by atoms with Gasteiger partial charge in [-0.15, -0.1) is 0 Å². The Morgan fingerprint density at radius 1 is 1.17 bits per heavy atom. The molecule has 1 saturated heterocycles. The summed E-state index contributed by atoms with van der Waals surface area (Å²) in [4.78, 5) is 11.3. The van der Waals surface area contributed by atoms with Crippen LogP contribution in [-0.4, -0.2) is 37.0 Å². The van der Waals surface area contributed by atoms with E-state index < -0.39 is 0 Å². The molecule has 156 valence electrons. The number of hydrogen-bond acceptors (Lipinski definition) is 4. The summed E-state index contributed by atoms with van der Waals surface area (Å²) in [5.74, 6) is 0.510. The molecule has 0 aliphatic carbocycles. The van der Waals surface area contributed by atoms with Crippen LogP contribution in [0.25, 0.3) is 11.4 Å². The molecule has 30 heavy (non-hydrogen) atoms. The third kappa shape index (κ3) is 5.26. The van der Waals surface area contributed by atoms with Crippen LogP contribution in [0.15, 0.2) is 65.1 Å². The van der Waals surface area contributed by atoms with Gasteiger partial charge in [-0.3, -0.25) is 9.98 Å². The van der Waals surface area contributed by atoms with Crippen LogP contribution in [0.5, 0.6) is 0 Å². The Balaban J connectivity index is 1.62. The van der Waals surface area contributed by atoms with Gasteiger partial charge in [0.25, 0.3) is 0 Å². The lowest BCUT2D eigenvalue weighted by Gasteiger charge is -2.22. The summed E-state index contributed by atoms with van der Waals surface area (Å²) in [6.45, 7) is 17.0. The Hall–Kier alpha value is -3.14. The van der Waals surface area contributed by atoms with Crippen molar-refractivity contribution in [3.8, 4) is 0 Å². The third-order valence-electron chi connectivity index (χ3n) is 5.65. The number of benzene rings is 2. The molecule has 0 spiro atoms. The summed E-state index contributed by atoms with van der Waals surface area (Å²) >= 11 is 0. The molecule has 1 unspecified atom stereocenters. The molecule has 2 N–H and O–H groups in total. The topological polar surface area (TPSA) is 54.0 Å². The normalized spacial score (nSPS) is 17.3. The maximum absolute atomic E-state index is 6.18. The Bertz CT molecular complexity index is 983. The molecule has 0 aromatic heterocycles. The predicted molar refractivity (Wildman–Crippen MR) is 131 cm³/mol. The van der Waals surface area contributed by atoms with Gasteiger partial charge in [-0.1, -0.05) is 48.0 Å². The molecule has 2 aromatic rings. The fourth-order valence-electron chi connectivity index (χ4n) is 3.78. The molecule has 1 aliphatic rings.